The van der Waals surface area contributed by atoms with Crippen LogP contribution in [0.1, 0.15) is 32.2 Å². The molecule has 1 aromatic rings. The monoisotopic (exact) mass is 378 g/mol. The van der Waals surface area contributed by atoms with E-state index in [-0.39, 0.29) is 9.36 Å². The van der Waals surface area contributed by atoms with Crippen LogP contribution in [0, 0.1) is 13.5 Å². The lowest BCUT2D eigenvalue weighted by atomic mass is 10.4. The van der Waals surface area contributed by atoms with Gasteiger partial charge in [-0.2, -0.15) is 13.1 Å². The molecule has 0 bridgehead atoms. The largest absolute Gasteiger partial charge is 0.870 e. The second-order valence-corrected chi connectivity index (χ2v) is 6.75. The zero-order valence-electron chi connectivity index (χ0n) is 15.1. The lowest BCUT2D eigenvalue weighted by Crippen LogP contribution is -2.58. The van der Waals surface area contributed by atoms with E-state index in [0.717, 1.165) is 12.9 Å². The zero-order chi connectivity index (χ0) is 18.8. The molecule has 0 fully saturated rings. The molecule has 0 saturated heterocycles. The third kappa shape index (κ3) is 7.08. The van der Waals surface area contributed by atoms with Gasteiger partial charge >= 0.3 is 16.3 Å². The summed E-state index contributed by atoms with van der Waals surface area (Å²) >= 11 is 0. The molecule has 0 radical (unpaired) electrons. The highest BCUT2D eigenvalue weighted by Crippen LogP contribution is 2.12. The first-order chi connectivity index (χ1) is 11.2. The summed E-state index contributed by atoms with van der Waals surface area (Å²) in [6.07, 6.45) is -0.951. The van der Waals surface area contributed by atoms with Crippen molar-refractivity contribution in [1.82, 2.24) is 9.88 Å². The molecule has 1 amide bonds. The van der Waals surface area contributed by atoms with Crippen LogP contribution in [0.3, 0.4) is 0 Å². The number of rotatable bonds is 6. The normalized spacial score (nSPS) is 10.6. The molecule has 0 saturated carbocycles. The quantitative estimate of drug-likeness (QED) is 0.588. The van der Waals surface area contributed by atoms with Gasteiger partial charge < -0.3 is 19.6 Å². The van der Waals surface area contributed by atoms with Crippen molar-refractivity contribution in [2.75, 3.05) is 26.7 Å². The van der Waals surface area contributed by atoms with Crippen LogP contribution in [0.2, 0.25) is 0 Å². The molecule has 25 heavy (non-hydrogen) atoms. The first-order valence-corrected chi connectivity index (χ1v) is 8.88. The van der Waals surface area contributed by atoms with E-state index >= 15 is 0 Å². The Morgan fingerprint density at radius 2 is 1.88 bits per heavy atom. The van der Waals surface area contributed by atoms with Gasteiger partial charge in [0.25, 0.3) is 6.54 Å². The summed E-state index contributed by atoms with van der Waals surface area (Å²) in [6, 6.07) is 1.76. The van der Waals surface area contributed by atoms with E-state index in [9.17, 15) is 13.2 Å². The number of aryl methyl sites for hydroxylation is 1. The van der Waals surface area contributed by atoms with Gasteiger partial charge in [0, 0.05) is 6.07 Å². The summed E-state index contributed by atoms with van der Waals surface area (Å²) in [5.41, 5.74) is 0.711. The van der Waals surface area contributed by atoms with Gasteiger partial charge in [0.1, 0.15) is 5.76 Å². The van der Waals surface area contributed by atoms with E-state index in [1.54, 1.807) is 33.8 Å². The molecular formula is C14H26N4O6S. The maximum atomic E-state index is 11.9. The standard InChI is InChI=1S/C8H18N2O4S.C6H6N2O.H2O/c1-5-10(6-2,7-3)15(12,13)9-8(11)14-4;1-5-3-6(4-7-2)8-9-5;/h5-7H2,1-4H3;3H,4H2,1H3;1H2. The number of methoxy groups -OCH3 is 1. The van der Waals surface area contributed by atoms with Gasteiger partial charge in [0.15, 0.2) is 5.69 Å². The van der Waals surface area contributed by atoms with Crippen LogP contribution < -0.4 is 4.72 Å². The van der Waals surface area contributed by atoms with Gasteiger partial charge in [-0.25, -0.2) is 15.3 Å². The number of amides is 1. The van der Waals surface area contributed by atoms with Crippen molar-refractivity contribution < 1.29 is 31.8 Å². The van der Waals surface area contributed by atoms with Gasteiger partial charge in [-0.05, 0) is 27.7 Å². The van der Waals surface area contributed by atoms with Crippen LogP contribution in [-0.4, -0.2) is 55.8 Å². The Kier molecular flexibility index (Phi) is 11.4. The maximum absolute atomic E-state index is 11.9. The Labute approximate surface area is 148 Å². The molecule has 0 atom stereocenters. The van der Waals surface area contributed by atoms with E-state index in [2.05, 4.69) is 14.7 Å². The zero-order valence-corrected chi connectivity index (χ0v) is 16.0. The molecule has 144 valence electrons. The van der Waals surface area contributed by atoms with Crippen LogP contribution in [0.15, 0.2) is 10.6 Å². The summed E-state index contributed by atoms with van der Waals surface area (Å²) < 4.78 is 34.5. The molecule has 0 aliphatic heterocycles. The van der Waals surface area contributed by atoms with Crippen LogP contribution in [-0.2, 0) is 21.5 Å². The fourth-order valence-electron chi connectivity index (χ4n) is 2.00. The van der Waals surface area contributed by atoms with Crippen LogP contribution in [0.25, 0.3) is 4.85 Å². The van der Waals surface area contributed by atoms with Crippen molar-refractivity contribution in [2.45, 2.75) is 34.2 Å². The van der Waals surface area contributed by atoms with Gasteiger partial charge in [-0.3, -0.25) is 0 Å². The van der Waals surface area contributed by atoms with Crippen LogP contribution in [0.5, 0.6) is 0 Å². The predicted octanol–water partition coefficient (Wildman–Crippen LogP) is 1.69. The highest BCUT2D eigenvalue weighted by Gasteiger charge is 2.38. The van der Waals surface area contributed by atoms with E-state index in [1.807, 2.05) is 4.72 Å². The summed E-state index contributed by atoms with van der Waals surface area (Å²) in [5, 5.41) is 3.62. The Morgan fingerprint density at radius 3 is 2.20 bits per heavy atom. The number of nitrogens with one attached hydrogen (secondary N) is 1. The summed E-state index contributed by atoms with van der Waals surface area (Å²) in [4.78, 5) is 14.0. The number of carbonyl (C=O) groups excluding carboxylic acids is 1. The Hall–Kier alpha value is -2.16. The van der Waals surface area contributed by atoms with Gasteiger partial charge in [0.05, 0.1) is 26.7 Å². The SMILES string of the molecule is CC[N+](CC)(CC)S(=O)(=O)NC(=O)OC.[C-]#[N+]Cc1cc(C)on1.[OH-]. The predicted molar refractivity (Wildman–Crippen MR) is 89.8 cm³/mol. The average Bonchev–Trinajstić information content (AvgIpc) is 2.95. The minimum absolute atomic E-state index is 0. The smallest absolute Gasteiger partial charge is 0.424 e. The number of quaternary nitrogens is 1. The minimum atomic E-state index is -3.73. The number of hydrogen-bond acceptors (Lipinski definition) is 7. The van der Waals surface area contributed by atoms with Crippen molar-refractivity contribution in [1.29, 1.82) is 0 Å². The number of nitrogens with zero attached hydrogens (tertiary/aromatic N) is 3. The van der Waals surface area contributed by atoms with Crippen LogP contribution in [0.4, 0.5) is 4.79 Å². The number of ether oxygens (including phenoxy) is 1. The third-order valence-corrected chi connectivity index (χ3v) is 5.77. The fraction of sp³-hybridized carbons (Fsp3) is 0.643. The molecule has 0 aliphatic rings. The van der Waals surface area contributed by atoms with Gasteiger partial charge in [-0.1, -0.05) is 5.16 Å². The van der Waals surface area contributed by atoms with Crippen molar-refractivity contribution in [3.8, 4) is 0 Å². The summed E-state index contributed by atoms with van der Waals surface area (Å²) in [7, 11) is -2.60. The first-order valence-electron chi connectivity index (χ1n) is 7.44. The molecule has 1 rings (SSSR count). The van der Waals surface area contributed by atoms with E-state index in [1.165, 1.54) is 0 Å². The fourth-order valence-corrected chi connectivity index (χ4v) is 3.51. The average molecular weight is 378 g/mol. The van der Waals surface area contributed by atoms with E-state index in [4.69, 9.17) is 11.1 Å². The van der Waals surface area contributed by atoms with Crippen molar-refractivity contribution in [3.05, 3.63) is 28.9 Å². The lowest BCUT2D eigenvalue weighted by molar-refractivity contribution is -0.801. The maximum Gasteiger partial charge on any atom is 0.424 e. The molecule has 11 heteroatoms. The molecule has 1 heterocycles. The third-order valence-electron chi connectivity index (χ3n) is 3.55. The molecule has 10 nitrogen and oxygen atoms in total. The number of carbonyl (C=O) groups is 1. The molecular weight excluding hydrogens is 352 g/mol. The molecule has 1 aromatic heterocycles. The highest BCUT2D eigenvalue weighted by molar-refractivity contribution is 7.84. The Morgan fingerprint density at radius 1 is 1.36 bits per heavy atom. The Bertz CT molecular complexity index is 653. The second-order valence-electron chi connectivity index (χ2n) is 4.82. The molecule has 0 aliphatic carbocycles. The minimum Gasteiger partial charge on any atom is -0.870 e. The van der Waals surface area contributed by atoms with Gasteiger partial charge in [-0.15, -0.1) is 0 Å². The van der Waals surface area contributed by atoms with E-state index in [0.29, 0.717) is 31.9 Å². The summed E-state index contributed by atoms with van der Waals surface area (Å²) in [5.74, 6) is 0.758. The van der Waals surface area contributed by atoms with Crippen molar-refractivity contribution in [2.24, 2.45) is 0 Å². The molecule has 2 N–H and O–H groups in total. The molecule has 0 unspecified atom stereocenters. The number of hydrogen-bond donors (Lipinski definition) is 1. The Balaban J connectivity index is 0. The van der Waals surface area contributed by atoms with Crippen LogP contribution >= 0.6 is 0 Å². The van der Waals surface area contributed by atoms with Gasteiger partial charge in [0.2, 0.25) is 0 Å². The summed E-state index contributed by atoms with van der Waals surface area (Å²) in [6.45, 7) is 15.1. The first kappa shape index (κ1) is 25.1. The molecule has 0 spiro atoms. The lowest BCUT2D eigenvalue weighted by Gasteiger charge is -2.32. The number of aromatic nitrogens is 1. The van der Waals surface area contributed by atoms with Crippen molar-refractivity contribution in [3.63, 3.8) is 0 Å². The highest BCUT2D eigenvalue weighted by atomic mass is 32.2. The van der Waals surface area contributed by atoms with Crippen molar-refractivity contribution >= 4 is 16.3 Å². The molecule has 0 aromatic carbocycles. The van der Waals surface area contributed by atoms with E-state index < -0.39 is 16.3 Å². The second kappa shape index (κ2) is 11.4. The topological polar surface area (TPSA) is 133 Å².